The van der Waals surface area contributed by atoms with E-state index in [1.54, 1.807) is 16.2 Å². The lowest BCUT2D eigenvalue weighted by Crippen LogP contribution is -2.30. The summed E-state index contributed by atoms with van der Waals surface area (Å²) < 4.78 is 1.04. The van der Waals surface area contributed by atoms with E-state index in [0.29, 0.717) is 13.1 Å². The molecule has 1 fully saturated rings. The normalized spacial score (nSPS) is 20.8. The van der Waals surface area contributed by atoms with Gasteiger partial charge in [0, 0.05) is 27.8 Å². The minimum absolute atomic E-state index is 0.00821. The Morgan fingerprint density at radius 1 is 1.73 bits per heavy atom. The van der Waals surface area contributed by atoms with Crippen LogP contribution in [0.1, 0.15) is 10.9 Å². The number of thiophene rings is 1. The van der Waals surface area contributed by atoms with E-state index in [1.165, 1.54) is 0 Å². The predicted octanol–water partition coefficient (Wildman–Crippen LogP) is 1.57. The molecule has 0 saturated carbocycles. The molecule has 0 aliphatic carbocycles. The van der Waals surface area contributed by atoms with Crippen molar-refractivity contribution in [1.29, 1.82) is 0 Å². The maximum absolute atomic E-state index is 11.5. The molecule has 0 aromatic carbocycles. The Labute approximate surface area is 100 Å². The van der Waals surface area contributed by atoms with Gasteiger partial charge in [-0.25, -0.2) is 4.79 Å². The predicted molar refractivity (Wildman–Crippen MR) is 62.0 cm³/mol. The van der Waals surface area contributed by atoms with E-state index in [4.69, 9.17) is 5.11 Å². The summed E-state index contributed by atoms with van der Waals surface area (Å²) in [5, 5.41) is 13.7. The van der Waals surface area contributed by atoms with Crippen molar-refractivity contribution < 1.29 is 9.90 Å². The number of carbonyl (C=O) groups excluding carboxylic acids is 1. The van der Waals surface area contributed by atoms with E-state index in [2.05, 4.69) is 21.2 Å². The highest BCUT2D eigenvalue weighted by molar-refractivity contribution is 9.10. The zero-order chi connectivity index (χ0) is 10.8. The Hall–Kier alpha value is -0.590. The lowest BCUT2D eigenvalue weighted by atomic mass is 10.2. The lowest BCUT2D eigenvalue weighted by Gasteiger charge is -2.11. The van der Waals surface area contributed by atoms with Gasteiger partial charge in [0.05, 0.1) is 12.6 Å². The molecule has 1 aromatic rings. The molecule has 0 spiro atoms. The molecule has 15 heavy (non-hydrogen) atoms. The highest BCUT2D eigenvalue weighted by Crippen LogP contribution is 2.28. The van der Waals surface area contributed by atoms with Gasteiger partial charge in [-0.2, -0.15) is 0 Å². The third-order valence-electron chi connectivity index (χ3n) is 2.29. The first kappa shape index (κ1) is 10.9. The third-order valence-corrected chi connectivity index (χ3v) is 4.10. The number of β-amino-alcohol motifs (C(OH)–C–C–N with tert-alkyl or cyclic N) is 1. The van der Waals surface area contributed by atoms with Crippen molar-refractivity contribution in [3.8, 4) is 0 Å². The smallest absolute Gasteiger partial charge is 0.318 e. The fourth-order valence-corrected chi connectivity index (χ4v) is 3.06. The highest BCUT2D eigenvalue weighted by atomic mass is 79.9. The summed E-state index contributed by atoms with van der Waals surface area (Å²) in [6, 6.07) is 1.97. The van der Waals surface area contributed by atoms with Crippen LogP contribution in [-0.4, -0.2) is 35.7 Å². The molecule has 0 bridgehead atoms. The van der Waals surface area contributed by atoms with Crippen LogP contribution in [0.15, 0.2) is 15.9 Å². The fourth-order valence-electron chi connectivity index (χ4n) is 1.57. The van der Waals surface area contributed by atoms with Gasteiger partial charge in [-0.15, -0.1) is 11.3 Å². The number of halogens is 1. The molecule has 1 aliphatic heterocycles. The van der Waals surface area contributed by atoms with Crippen LogP contribution in [0, 0.1) is 0 Å². The second kappa shape index (κ2) is 4.51. The highest BCUT2D eigenvalue weighted by Gasteiger charge is 2.29. The summed E-state index contributed by atoms with van der Waals surface area (Å²) in [5.74, 6) is 0. The molecule has 1 aliphatic rings. The van der Waals surface area contributed by atoms with Crippen molar-refractivity contribution in [2.45, 2.75) is 6.04 Å². The number of amides is 2. The molecule has 2 N–H and O–H groups in total. The first-order valence-corrected chi connectivity index (χ1v) is 6.28. The van der Waals surface area contributed by atoms with E-state index in [-0.39, 0.29) is 18.7 Å². The van der Waals surface area contributed by atoms with Gasteiger partial charge in [-0.1, -0.05) is 0 Å². The summed E-state index contributed by atoms with van der Waals surface area (Å²) in [7, 11) is 0. The molecule has 1 atom stereocenters. The number of carbonyl (C=O) groups is 1. The van der Waals surface area contributed by atoms with Gasteiger partial charge >= 0.3 is 6.03 Å². The van der Waals surface area contributed by atoms with Crippen LogP contribution in [-0.2, 0) is 0 Å². The zero-order valence-electron chi connectivity index (χ0n) is 7.94. The first-order chi connectivity index (χ1) is 7.20. The van der Waals surface area contributed by atoms with Crippen LogP contribution in [0.4, 0.5) is 4.79 Å². The Morgan fingerprint density at radius 2 is 2.53 bits per heavy atom. The number of nitrogens with one attached hydrogen (secondary N) is 1. The van der Waals surface area contributed by atoms with Crippen LogP contribution >= 0.6 is 27.3 Å². The molecule has 4 nitrogen and oxygen atoms in total. The van der Waals surface area contributed by atoms with Gasteiger partial charge in [0.25, 0.3) is 0 Å². The number of rotatable bonds is 3. The SMILES string of the molecule is O=C1NC(c2cc(Br)cs2)CN1CCO. The van der Waals surface area contributed by atoms with Gasteiger partial charge in [-0.05, 0) is 22.0 Å². The van der Waals surface area contributed by atoms with Crippen LogP contribution in [0.25, 0.3) is 0 Å². The van der Waals surface area contributed by atoms with Crippen molar-refractivity contribution >= 4 is 33.3 Å². The van der Waals surface area contributed by atoms with E-state index < -0.39 is 0 Å². The summed E-state index contributed by atoms with van der Waals surface area (Å²) in [6.45, 7) is 1.04. The molecular formula is C9H11BrN2O2S. The Bertz CT molecular complexity index is 369. The fraction of sp³-hybridized carbons (Fsp3) is 0.444. The van der Waals surface area contributed by atoms with E-state index in [9.17, 15) is 4.79 Å². The molecule has 1 saturated heterocycles. The molecule has 2 rings (SSSR count). The van der Waals surface area contributed by atoms with Crippen LogP contribution in [0.5, 0.6) is 0 Å². The van der Waals surface area contributed by atoms with Gasteiger partial charge in [0.15, 0.2) is 0 Å². The molecular weight excluding hydrogens is 280 g/mol. The molecule has 0 radical (unpaired) electrons. The maximum Gasteiger partial charge on any atom is 0.318 e. The first-order valence-electron chi connectivity index (χ1n) is 4.61. The maximum atomic E-state index is 11.5. The van der Waals surface area contributed by atoms with E-state index in [0.717, 1.165) is 9.35 Å². The Morgan fingerprint density at radius 3 is 3.13 bits per heavy atom. The number of urea groups is 1. The molecule has 6 heteroatoms. The van der Waals surface area contributed by atoms with Crippen molar-refractivity contribution in [1.82, 2.24) is 10.2 Å². The van der Waals surface area contributed by atoms with E-state index >= 15 is 0 Å². The average Bonchev–Trinajstić information content (AvgIpc) is 2.75. The number of hydrogen-bond acceptors (Lipinski definition) is 3. The van der Waals surface area contributed by atoms with Crippen molar-refractivity contribution in [3.05, 3.63) is 20.8 Å². The summed E-state index contributed by atoms with van der Waals surface area (Å²) in [6.07, 6.45) is 0. The van der Waals surface area contributed by atoms with E-state index in [1.807, 2.05) is 11.4 Å². The monoisotopic (exact) mass is 290 g/mol. The van der Waals surface area contributed by atoms with Crippen molar-refractivity contribution in [2.24, 2.45) is 0 Å². The number of hydrogen-bond donors (Lipinski definition) is 2. The quantitative estimate of drug-likeness (QED) is 0.888. The number of aliphatic hydroxyl groups is 1. The summed E-state index contributed by atoms with van der Waals surface area (Å²) >= 11 is 5.00. The van der Waals surface area contributed by atoms with Gasteiger partial charge in [0.2, 0.25) is 0 Å². The molecule has 82 valence electrons. The minimum atomic E-state index is -0.0985. The largest absolute Gasteiger partial charge is 0.395 e. The molecule has 2 amide bonds. The van der Waals surface area contributed by atoms with Crippen LogP contribution < -0.4 is 5.32 Å². The third kappa shape index (κ3) is 2.32. The van der Waals surface area contributed by atoms with Crippen LogP contribution in [0.3, 0.4) is 0 Å². The number of aliphatic hydroxyl groups excluding tert-OH is 1. The lowest BCUT2D eigenvalue weighted by molar-refractivity contribution is 0.196. The van der Waals surface area contributed by atoms with Crippen molar-refractivity contribution in [3.63, 3.8) is 0 Å². The molecule has 1 aromatic heterocycles. The topological polar surface area (TPSA) is 52.6 Å². The van der Waals surface area contributed by atoms with Gasteiger partial charge in [-0.3, -0.25) is 0 Å². The summed E-state index contributed by atoms with van der Waals surface area (Å²) in [4.78, 5) is 14.2. The Kier molecular flexibility index (Phi) is 3.28. The standard InChI is InChI=1S/C9H11BrN2O2S/c10-6-3-8(15-5-6)7-4-12(1-2-13)9(14)11-7/h3,5,7,13H,1-2,4H2,(H,11,14). The molecule has 2 heterocycles. The second-order valence-electron chi connectivity index (χ2n) is 3.34. The number of nitrogens with zero attached hydrogens (tertiary/aromatic N) is 1. The second-order valence-corrected chi connectivity index (χ2v) is 5.20. The van der Waals surface area contributed by atoms with Crippen molar-refractivity contribution in [2.75, 3.05) is 19.7 Å². The average molecular weight is 291 g/mol. The zero-order valence-corrected chi connectivity index (χ0v) is 10.3. The molecule has 1 unspecified atom stereocenters. The minimum Gasteiger partial charge on any atom is -0.395 e. The Balaban J connectivity index is 2.05. The van der Waals surface area contributed by atoms with Gasteiger partial charge in [0.1, 0.15) is 0 Å². The van der Waals surface area contributed by atoms with Crippen LogP contribution in [0.2, 0.25) is 0 Å². The summed E-state index contributed by atoms with van der Waals surface area (Å²) in [5.41, 5.74) is 0. The van der Waals surface area contributed by atoms with Gasteiger partial charge < -0.3 is 15.3 Å².